The summed E-state index contributed by atoms with van der Waals surface area (Å²) in [7, 11) is 0. The average molecular weight is 603 g/mol. The van der Waals surface area contributed by atoms with Gasteiger partial charge in [0.15, 0.2) is 0 Å². The van der Waals surface area contributed by atoms with Gasteiger partial charge in [0.05, 0.1) is 0 Å². The minimum Gasteiger partial charge on any atom is -0.480 e. The monoisotopic (exact) mass is 602 g/mol. The van der Waals surface area contributed by atoms with E-state index >= 15 is 0 Å². The van der Waals surface area contributed by atoms with Gasteiger partial charge in [-0.2, -0.15) is 0 Å². The lowest BCUT2D eigenvalue weighted by molar-refractivity contribution is -0.147. The molecule has 0 fully saturated rings. The number of allylic oxidation sites excluding steroid dienone is 7. The van der Waals surface area contributed by atoms with E-state index in [0.29, 0.717) is 38.6 Å². The molecule has 0 aliphatic rings. The third-order valence-electron chi connectivity index (χ3n) is 7.09. The van der Waals surface area contributed by atoms with Gasteiger partial charge >= 0.3 is 11.9 Å². The Bertz CT molecular complexity index is 818. The molecule has 0 saturated carbocycles. The smallest absolute Gasteiger partial charge is 0.326 e. The molecule has 0 heterocycles. The molecule has 2 unspecified atom stereocenters. The van der Waals surface area contributed by atoms with E-state index in [2.05, 4.69) is 61.7 Å². The van der Waals surface area contributed by atoms with E-state index in [1.54, 1.807) is 0 Å². The molecule has 246 valence electrons. The predicted octanol–water partition coefficient (Wildman–Crippen LogP) is 8.49. The Balaban J connectivity index is 4.46. The van der Waals surface area contributed by atoms with E-state index < -0.39 is 12.0 Å². The molecule has 0 bridgehead atoms. The molecule has 7 heteroatoms. The van der Waals surface area contributed by atoms with Crippen molar-refractivity contribution in [3.8, 4) is 0 Å². The van der Waals surface area contributed by atoms with Crippen LogP contribution in [0.4, 0.5) is 0 Å². The van der Waals surface area contributed by atoms with Crippen molar-refractivity contribution in [2.24, 2.45) is 5.73 Å². The summed E-state index contributed by atoms with van der Waals surface area (Å²) >= 11 is 0. The quantitative estimate of drug-likeness (QED) is 0.0449. The number of carbonyl (C=O) groups is 3. The molecule has 0 aliphatic carbocycles. The number of amides is 1. The Hall–Kier alpha value is -2.67. The number of aliphatic carboxylic acids is 1. The van der Waals surface area contributed by atoms with Crippen molar-refractivity contribution in [2.75, 3.05) is 6.54 Å². The Morgan fingerprint density at radius 1 is 0.721 bits per heavy atom. The molecule has 0 aromatic carbocycles. The van der Waals surface area contributed by atoms with Crippen LogP contribution in [0, 0.1) is 0 Å². The first-order valence-electron chi connectivity index (χ1n) is 17.0. The summed E-state index contributed by atoms with van der Waals surface area (Å²) in [4.78, 5) is 36.0. The molecule has 0 aromatic heterocycles. The van der Waals surface area contributed by atoms with Crippen LogP contribution in [0.5, 0.6) is 0 Å². The van der Waals surface area contributed by atoms with Crippen molar-refractivity contribution in [1.29, 1.82) is 0 Å². The summed E-state index contributed by atoms with van der Waals surface area (Å²) in [6.07, 6.45) is 34.6. The molecular weight excluding hydrogens is 540 g/mol. The SMILES string of the molecule is CC/C=C\C/C=C\C/C=C\C(CCCCCCC(=O)NC(CCCN)C(=O)O)OC(=O)CCCCCCC/C=C\CCC. The molecule has 0 rings (SSSR count). The van der Waals surface area contributed by atoms with Gasteiger partial charge in [-0.15, -0.1) is 0 Å². The van der Waals surface area contributed by atoms with E-state index in [1.807, 2.05) is 6.08 Å². The zero-order chi connectivity index (χ0) is 31.8. The Kier molecular flexibility index (Phi) is 28.9. The summed E-state index contributed by atoms with van der Waals surface area (Å²) in [5.41, 5.74) is 5.45. The Morgan fingerprint density at radius 3 is 2.05 bits per heavy atom. The number of ether oxygens (including phenoxy) is 1. The van der Waals surface area contributed by atoms with Crippen molar-refractivity contribution in [3.63, 3.8) is 0 Å². The zero-order valence-electron chi connectivity index (χ0n) is 27.3. The second-order valence-corrected chi connectivity index (χ2v) is 11.2. The highest BCUT2D eigenvalue weighted by Gasteiger charge is 2.18. The lowest BCUT2D eigenvalue weighted by Gasteiger charge is -2.15. The molecule has 1 amide bonds. The van der Waals surface area contributed by atoms with E-state index in [-0.39, 0.29) is 18.0 Å². The van der Waals surface area contributed by atoms with Crippen molar-refractivity contribution in [3.05, 3.63) is 48.6 Å². The summed E-state index contributed by atoms with van der Waals surface area (Å²) < 4.78 is 5.84. The maximum Gasteiger partial charge on any atom is 0.326 e. The van der Waals surface area contributed by atoms with Crippen LogP contribution in [0.3, 0.4) is 0 Å². The van der Waals surface area contributed by atoms with Crippen LogP contribution in [0.2, 0.25) is 0 Å². The van der Waals surface area contributed by atoms with Crippen LogP contribution in [0.15, 0.2) is 48.6 Å². The summed E-state index contributed by atoms with van der Waals surface area (Å²) in [6.45, 7) is 4.72. The van der Waals surface area contributed by atoms with Gasteiger partial charge < -0.3 is 20.9 Å². The molecule has 0 radical (unpaired) electrons. The topological polar surface area (TPSA) is 119 Å². The van der Waals surface area contributed by atoms with E-state index in [9.17, 15) is 19.5 Å². The number of carbonyl (C=O) groups excluding carboxylic acids is 2. The number of carboxylic acid groups (broad SMARTS) is 1. The molecule has 4 N–H and O–H groups in total. The van der Waals surface area contributed by atoms with Gasteiger partial charge in [0.1, 0.15) is 12.1 Å². The summed E-state index contributed by atoms with van der Waals surface area (Å²) in [6, 6.07) is -0.876. The number of nitrogens with one attached hydrogen (secondary N) is 1. The number of esters is 1. The van der Waals surface area contributed by atoms with Crippen molar-refractivity contribution in [2.45, 2.75) is 154 Å². The van der Waals surface area contributed by atoms with Gasteiger partial charge in [-0.3, -0.25) is 9.59 Å². The minimum absolute atomic E-state index is 0.128. The maximum absolute atomic E-state index is 12.6. The van der Waals surface area contributed by atoms with Gasteiger partial charge in [0, 0.05) is 12.8 Å². The van der Waals surface area contributed by atoms with E-state index in [0.717, 1.165) is 77.0 Å². The number of carboxylic acids is 1. The molecule has 0 spiro atoms. The van der Waals surface area contributed by atoms with Crippen LogP contribution in [-0.2, 0) is 19.1 Å². The lowest BCUT2D eigenvalue weighted by Crippen LogP contribution is -2.40. The summed E-state index contributed by atoms with van der Waals surface area (Å²) in [5.74, 6) is -1.39. The highest BCUT2D eigenvalue weighted by atomic mass is 16.5. The summed E-state index contributed by atoms with van der Waals surface area (Å²) in [5, 5.41) is 11.9. The Morgan fingerprint density at radius 2 is 1.35 bits per heavy atom. The van der Waals surface area contributed by atoms with Crippen LogP contribution in [0.1, 0.15) is 142 Å². The maximum atomic E-state index is 12.6. The number of hydrogen-bond acceptors (Lipinski definition) is 5. The van der Waals surface area contributed by atoms with Gasteiger partial charge in [-0.1, -0.05) is 94.9 Å². The van der Waals surface area contributed by atoms with Crippen LogP contribution < -0.4 is 11.1 Å². The van der Waals surface area contributed by atoms with E-state index in [1.165, 1.54) is 19.3 Å². The fourth-order valence-electron chi connectivity index (χ4n) is 4.56. The number of hydrogen-bond donors (Lipinski definition) is 3. The average Bonchev–Trinajstić information content (AvgIpc) is 2.98. The fraction of sp³-hybridized carbons (Fsp3) is 0.694. The van der Waals surface area contributed by atoms with Crippen LogP contribution >= 0.6 is 0 Å². The molecule has 0 saturated heterocycles. The standard InChI is InChI=1S/C36H62N2O5/c1-3-5-7-9-11-13-14-16-18-24-30-35(40)43-32(26-21-17-15-12-10-8-6-4-2)27-22-19-20-23-29-34(39)38-33(36(41)42)28-25-31-37/h6-9,12,15,21,26,32-33H,3-5,10-11,13-14,16-20,22-25,27-31,37H2,1-2H3,(H,38,39)(H,41,42)/b8-6-,9-7-,15-12-,26-21-. The zero-order valence-corrected chi connectivity index (χ0v) is 27.3. The highest BCUT2D eigenvalue weighted by Crippen LogP contribution is 2.14. The number of rotatable bonds is 29. The molecular formula is C36H62N2O5. The molecule has 2 atom stereocenters. The highest BCUT2D eigenvalue weighted by molar-refractivity contribution is 5.83. The Labute approximate surface area is 262 Å². The van der Waals surface area contributed by atoms with E-state index in [4.69, 9.17) is 10.5 Å². The lowest BCUT2D eigenvalue weighted by atomic mass is 10.1. The van der Waals surface area contributed by atoms with Crippen LogP contribution in [0.25, 0.3) is 0 Å². The first kappa shape index (κ1) is 40.3. The van der Waals surface area contributed by atoms with Gasteiger partial charge in [-0.25, -0.2) is 4.79 Å². The number of unbranched alkanes of at least 4 members (excludes halogenated alkanes) is 9. The van der Waals surface area contributed by atoms with Crippen LogP contribution in [-0.4, -0.2) is 41.6 Å². The van der Waals surface area contributed by atoms with Crippen molar-refractivity contribution < 1.29 is 24.2 Å². The second kappa shape index (κ2) is 30.8. The molecule has 0 aliphatic heterocycles. The largest absolute Gasteiger partial charge is 0.480 e. The second-order valence-electron chi connectivity index (χ2n) is 11.2. The fourth-order valence-corrected chi connectivity index (χ4v) is 4.56. The van der Waals surface area contributed by atoms with Gasteiger partial charge in [0.25, 0.3) is 0 Å². The predicted molar refractivity (Wildman–Crippen MR) is 179 cm³/mol. The first-order valence-corrected chi connectivity index (χ1v) is 17.0. The first-order chi connectivity index (χ1) is 20.9. The van der Waals surface area contributed by atoms with Gasteiger partial charge in [0.2, 0.25) is 5.91 Å². The van der Waals surface area contributed by atoms with Crippen molar-refractivity contribution >= 4 is 17.8 Å². The van der Waals surface area contributed by atoms with Crippen molar-refractivity contribution in [1.82, 2.24) is 5.32 Å². The normalized spacial score (nSPS) is 13.4. The number of nitrogens with two attached hydrogens (primary N) is 1. The van der Waals surface area contributed by atoms with Gasteiger partial charge in [-0.05, 0) is 89.7 Å². The third kappa shape index (κ3) is 27.9. The molecule has 43 heavy (non-hydrogen) atoms. The minimum atomic E-state index is -1.02. The third-order valence-corrected chi connectivity index (χ3v) is 7.09. The molecule has 0 aromatic rings. The molecule has 7 nitrogen and oxygen atoms in total.